The first-order chi connectivity index (χ1) is 22.6. The van der Waals surface area contributed by atoms with E-state index in [1.54, 1.807) is 25.0 Å². The van der Waals surface area contributed by atoms with Crippen molar-refractivity contribution in [3.63, 3.8) is 0 Å². The number of nitrogens with two attached hydrogens (primary N) is 1. The summed E-state index contributed by atoms with van der Waals surface area (Å²) in [6, 6.07) is 5.34. The Morgan fingerprint density at radius 2 is 1.91 bits per heavy atom. The molecule has 47 heavy (non-hydrogen) atoms. The number of carbonyl (C=O) groups excluding carboxylic acids is 2. The van der Waals surface area contributed by atoms with Crippen molar-refractivity contribution in [2.75, 3.05) is 26.9 Å². The lowest BCUT2D eigenvalue weighted by Crippen LogP contribution is -2.58. The van der Waals surface area contributed by atoms with Gasteiger partial charge in [0.2, 0.25) is 11.8 Å². The summed E-state index contributed by atoms with van der Waals surface area (Å²) in [5.74, 6) is 1.29. The normalized spacial score (nSPS) is 28.0. The van der Waals surface area contributed by atoms with Crippen LogP contribution in [-0.2, 0) is 19.1 Å². The first-order valence-corrected chi connectivity index (χ1v) is 16.1. The summed E-state index contributed by atoms with van der Waals surface area (Å²) in [5, 5.41) is 3.19. The molecule has 1 aromatic rings. The van der Waals surface area contributed by atoms with E-state index in [1.165, 1.54) is 0 Å². The summed E-state index contributed by atoms with van der Waals surface area (Å²) in [4.78, 5) is 33.3. The maximum Gasteiger partial charge on any atom is 0.379 e. The first-order valence-electron chi connectivity index (χ1n) is 16.1. The number of amides is 2. The highest BCUT2D eigenvalue weighted by Crippen LogP contribution is 2.36. The van der Waals surface area contributed by atoms with Crippen molar-refractivity contribution in [3.8, 4) is 5.75 Å². The van der Waals surface area contributed by atoms with Crippen LogP contribution in [-0.4, -0.2) is 68.4 Å². The fourth-order valence-corrected chi connectivity index (χ4v) is 5.97. The predicted octanol–water partition coefficient (Wildman–Crippen LogP) is 6.38. The van der Waals surface area contributed by atoms with Gasteiger partial charge in [-0.05, 0) is 50.0 Å². The Morgan fingerprint density at radius 1 is 1.17 bits per heavy atom. The number of allylic oxidation sites excluding steroid dienone is 4. The van der Waals surface area contributed by atoms with E-state index in [4.69, 9.17) is 24.9 Å². The quantitative estimate of drug-likeness (QED) is 0.389. The topological polar surface area (TPSA) is 115 Å². The van der Waals surface area contributed by atoms with E-state index >= 15 is 0 Å². The minimum absolute atomic E-state index is 0.0536. The highest BCUT2D eigenvalue weighted by molar-refractivity contribution is 5.99. The van der Waals surface area contributed by atoms with Crippen LogP contribution in [0.25, 0.3) is 6.08 Å². The molecule has 5 aliphatic heterocycles. The average molecular weight is 661 g/mol. The summed E-state index contributed by atoms with van der Waals surface area (Å²) in [7, 11) is 1.64. The zero-order valence-corrected chi connectivity index (χ0v) is 27.8. The summed E-state index contributed by atoms with van der Waals surface area (Å²) in [6.07, 6.45) is 13.0. The van der Waals surface area contributed by atoms with Crippen LogP contribution >= 0.6 is 0 Å². The number of rotatable bonds is 3. The van der Waals surface area contributed by atoms with E-state index in [9.17, 15) is 22.8 Å². The van der Waals surface area contributed by atoms with Crippen LogP contribution in [0.15, 0.2) is 64.4 Å². The highest BCUT2D eigenvalue weighted by atomic mass is 19.4. The van der Waals surface area contributed by atoms with Crippen molar-refractivity contribution >= 4 is 23.8 Å². The molecule has 0 aliphatic carbocycles. The van der Waals surface area contributed by atoms with Gasteiger partial charge in [0.1, 0.15) is 11.5 Å². The maximum absolute atomic E-state index is 13.6. The summed E-state index contributed by atoms with van der Waals surface area (Å²) < 4.78 is 46.6. The number of nitrogens with zero attached hydrogens (tertiary/aromatic N) is 2. The Hall–Kier alpha value is -4.06. The molecule has 4 unspecified atom stereocenters. The minimum atomic E-state index is -3.67. The minimum Gasteiger partial charge on any atom is -0.493 e. The van der Waals surface area contributed by atoms with Crippen molar-refractivity contribution < 1.29 is 37.0 Å². The van der Waals surface area contributed by atoms with Crippen LogP contribution in [0.4, 0.5) is 13.2 Å². The first kappa shape index (κ1) is 37.4. The molecule has 1 saturated heterocycles. The third-order valence-electron chi connectivity index (χ3n) is 8.02. The molecular formula is C35H47F3N4O5. The lowest BCUT2D eigenvalue weighted by molar-refractivity contribution is -0.131. The van der Waals surface area contributed by atoms with Gasteiger partial charge < -0.3 is 25.3 Å². The van der Waals surface area contributed by atoms with Crippen molar-refractivity contribution in [2.24, 2.45) is 16.6 Å². The second-order valence-electron chi connectivity index (χ2n) is 11.2. The number of fused-ring (bicyclic) bond motifs is 6. The molecular weight excluding hydrogens is 613 g/mol. The number of benzene rings is 1. The van der Waals surface area contributed by atoms with Gasteiger partial charge in [0.25, 0.3) is 0 Å². The SMILES string of the molecule is CC.CC/C=C1/C2=C\C=C(/C)C(=O)NC3CCOc4ccc(cc43)/C=C\CCC3CC(=O)N(C(N)=N3)C1C(COC)CO2.FC(F)F. The monoisotopic (exact) mass is 660 g/mol. The zero-order valence-electron chi connectivity index (χ0n) is 27.8. The summed E-state index contributed by atoms with van der Waals surface area (Å²) in [5.41, 5.74) is 9.90. The van der Waals surface area contributed by atoms with Gasteiger partial charge in [-0.2, -0.15) is 13.2 Å². The van der Waals surface area contributed by atoms with Crippen LogP contribution < -0.4 is 15.8 Å². The van der Waals surface area contributed by atoms with Gasteiger partial charge >= 0.3 is 6.68 Å². The van der Waals surface area contributed by atoms with Crippen molar-refractivity contribution in [1.82, 2.24) is 10.2 Å². The smallest absolute Gasteiger partial charge is 0.379 e. The van der Waals surface area contributed by atoms with Gasteiger partial charge in [0, 0.05) is 42.6 Å². The van der Waals surface area contributed by atoms with E-state index < -0.39 is 6.68 Å². The third-order valence-corrected chi connectivity index (χ3v) is 8.02. The molecule has 12 heteroatoms. The second-order valence-corrected chi connectivity index (χ2v) is 11.2. The van der Waals surface area contributed by atoms with Gasteiger partial charge in [-0.3, -0.25) is 14.5 Å². The van der Waals surface area contributed by atoms with Gasteiger partial charge in [0.15, 0.2) is 5.96 Å². The maximum atomic E-state index is 13.6. The van der Waals surface area contributed by atoms with Gasteiger partial charge in [0.05, 0.1) is 37.9 Å². The molecule has 5 heterocycles. The molecule has 5 aliphatic rings. The van der Waals surface area contributed by atoms with Gasteiger partial charge in [-0.1, -0.05) is 51.1 Å². The van der Waals surface area contributed by atoms with Crippen LogP contribution in [0.2, 0.25) is 0 Å². The predicted molar refractivity (Wildman–Crippen MR) is 176 cm³/mol. The highest BCUT2D eigenvalue weighted by Gasteiger charge is 2.43. The lowest BCUT2D eigenvalue weighted by atomic mass is 9.87. The van der Waals surface area contributed by atoms with Crippen LogP contribution in [0.3, 0.4) is 0 Å². The number of aliphatic imine (C=N–C) groups is 1. The number of hydrogen-bond acceptors (Lipinski definition) is 7. The molecule has 0 spiro atoms. The number of methoxy groups -OCH3 is 1. The molecule has 0 aromatic heterocycles. The Bertz CT molecular complexity index is 1390. The molecule has 258 valence electrons. The molecule has 0 radical (unpaired) electrons. The molecule has 0 saturated carbocycles. The van der Waals surface area contributed by atoms with Gasteiger partial charge in [-0.25, -0.2) is 4.99 Å². The number of nitrogens with one attached hydrogen (secondary N) is 1. The van der Waals surface area contributed by atoms with Gasteiger partial charge in [-0.15, -0.1) is 0 Å². The number of alkyl halides is 3. The summed E-state index contributed by atoms with van der Waals surface area (Å²) >= 11 is 0. The molecule has 4 atom stereocenters. The zero-order chi connectivity index (χ0) is 34.5. The van der Waals surface area contributed by atoms with Crippen LogP contribution in [0.5, 0.6) is 5.75 Å². The van der Waals surface area contributed by atoms with Crippen molar-refractivity contribution in [3.05, 3.63) is 70.5 Å². The average Bonchev–Trinajstić information content (AvgIpc) is 3.04. The van der Waals surface area contributed by atoms with Crippen molar-refractivity contribution in [1.29, 1.82) is 0 Å². The molecule has 3 N–H and O–H groups in total. The molecule has 1 aromatic carbocycles. The second kappa shape index (κ2) is 18.3. The van der Waals surface area contributed by atoms with E-state index in [1.807, 2.05) is 39.0 Å². The van der Waals surface area contributed by atoms with E-state index in [0.717, 1.165) is 35.3 Å². The lowest BCUT2D eigenvalue weighted by Gasteiger charge is -2.43. The number of carbonyl (C=O) groups is 2. The number of halogens is 3. The van der Waals surface area contributed by atoms with Crippen LogP contribution in [0, 0.1) is 5.92 Å². The Labute approximate surface area is 275 Å². The molecule has 2 amide bonds. The van der Waals surface area contributed by atoms with E-state index in [2.05, 4.69) is 29.6 Å². The van der Waals surface area contributed by atoms with E-state index in [0.29, 0.717) is 50.4 Å². The fraction of sp³-hybridized carbons (Fsp3) is 0.514. The standard InChI is InChI=1S/C32H40N4O5.C2H6.CHF3/c1-4-7-24-27-12-10-20(2)31(38)35-26-14-15-40-28-13-11-21(16-25(26)28)8-5-6-9-23-17-29(37)36(32(33)34-23)30(24)22(18-39-3)19-41-27;1-2;2-1(3)4/h5,7-8,10-13,16,22-23,26,30H,4,6,9,14-15,17-19H2,1-3H3,(H2,33,34)(H,35,38);1-2H3;1H/b8-5-,20-10+,24-7-,27-12+;;. The number of guanidine groups is 1. The molecule has 6 rings (SSSR count). The Kier molecular flexibility index (Phi) is 14.6. The largest absolute Gasteiger partial charge is 0.493 e. The molecule has 6 bridgehead atoms. The fourth-order valence-electron chi connectivity index (χ4n) is 5.97. The molecule has 9 nitrogen and oxygen atoms in total. The molecule has 1 fully saturated rings. The summed E-state index contributed by atoms with van der Waals surface area (Å²) in [6.45, 7) is 5.44. The van der Waals surface area contributed by atoms with E-state index in [-0.39, 0.29) is 41.8 Å². The van der Waals surface area contributed by atoms with Crippen molar-refractivity contribution in [2.45, 2.75) is 84.6 Å². The number of hydrogen-bond donors (Lipinski definition) is 2. The number of ether oxygens (including phenoxy) is 3. The Balaban J connectivity index is 0.000000930. The Morgan fingerprint density at radius 3 is 2.60 bits per heavy atom. The third kappa shape index (κ3) is 9.96. The van der Waals surface area contributed by atoms with Crippen LogP contribution in [0.1, 0.15) is 77.0 Å².